The van der Waals surface area contributed by atoms with Gasteiger partial charge < -0.3 is 9.47 Å². The zero-order valence-electron chi connectivity index (χ0n) is 8.09. The van der Waals surface area contributed by atoms with E-state index in [2.05, 4.69) is 0 Å². The Kier molecular flexibility index (Phi) is 4.40. The Hall–Kier alpha value is -0.990. The molecule has 0 heterocycles. The van der Waals surface area contributed by atoms with Crippen molar-refractivity contribution in [1.29, 1.82) is 0 Å². The van der Waals surface area contributed by atoms with Gasteiger partial charge in [0.1, 0.15) is 12.2 Å². The van der Waals surface area contributed by atoms with Crippen LogP contribution in [0, 0.1) is 0 Å². The average molecular weight is 172 g/mol. The van der Waals surface area contributed by atoms with Crippen molar-refractivity contribution in [1.82, 2.24) is 0 Å². The summed E-state index contributed by atoms with van der Waals surface area (Å²) in [5, 5.41) is 0. The van der Waals surface area contributed by atoms with Gasteiger partial charge in [0.25, 0.3) is 0 Å². The zero-order chi connectivity index (χ0) is 9.61. The fourth-order valence-electron chi connectivity index (χ4n) is 0.492. The Morgan fingerprint density at radius 3 is 2.42 bits per heavy atom. The van der Waals surface area contributed by atoms with Gasteiger partial charge in [-0.25, -0.2) is 4.79 Å². The molecule has 0 amide bonds. The number of allylic oxidation sites excluding steroid dienone is 1. The third-order valence-corrected chi connectivity index (χ3v) is 0.923. The molecule has 70 valence electrons. The first-order valence-corrected chi connectivity index (χ1v) is 3.92. The van der Waals surface area contributed by atoms with Gasteiger partial charge in [-0.2, -0.15) is 0 Å². The maximum absolute atomic E-state index is 10.9. The zero-order valence-corrected chi connectivity index (χ0v) is 8.09. The van der Waals surface area contributed by atoms with Crippen molar-refractivity contribution in [2.45, 2.75) is 33.3 Å². The van der Waals surface area contributed by atoms with Gasteiger partial charge in [-0.3, -0.25) is 0 Å². The molecule has 0 aromatic carbocycles. The monoisotopic (exact) mass is 172 g/mol. The van der Waals surface area contributed by atoms with E-state index in [1.165, 1.54) is 0 Å². The van der Waals surface area contributed by atoms with Crippen LogP contribution in [-0.2, 0) is 9.47 Å². The molecule has 0 aromatic heterocycles. The SMILES string of the molecule is C/C=C\COC(=O)OC(C)(C)C. The number of hydrogen-bond acceptors (Lipinski definition) is 3. The van der Waals surface area contributed by atoms with E-state index < -0.39 is 11.8 Å². The Morgan fingerprint density at radius 1 is 1.42 bits per heavy atom. The second kappa shape index (κ2) is 4.80. The lowest BCUT2D eigenvalue weighted by molar-refractivity contribution is -0.00241. The summed E-state index contributed by atoms with van der Waals surface area (Å²) in [7, 11) is 0. The molecule has 3 nitrogen and oxygen atoms in total. The minimum atomic E-state index is -0.624. The highest BCUT2D eigenvalue weighted by Gasteiger charge is 2.16. The van der Waals surface area contributed by atoms with E-state index in [1.807, 2.05) is 13.0 Å². The molecule has 0 bridgehead atoms. The van der Waals surface area contributed by atoms with Crippen LogP contribution < -0.4 is 0 Å². The van der Waals surface area contributed by atoms with Crippen molar-refractivity contribution in [3.63, 3.8) is 0 Å². The van der Waals surface area contributed by atoms with Gasteiger partial charge in [-0.05, 0) is 27.7 Å². The molecule has 0 spiro atoms. The van der Waals surface area contributed by atoms with Crippen molar-refractivity contribution in [3.8, 4) is 0 Å². The molecule has 0 aromatic rings. The lowest BCUT2D eigenvalue weighted by Gasteiger charge is -2.18. The van der Waals surface area contributed by atoms with Crippen LogP contribution in [0.4, 0.5) is 4.79 Å². The third-order valence-electron chi connectivity index (χ3n) is 0.923. The fourth-order valence-corrected chi connectivity index (χ4v) is 0.492. The number of hydrogen-bond donors (Lipinski definition) is 0. The molecule has 3 heteroatoms. The molecule has 0 radical (unpaired) electrons. The van der Waals surface area contributed by atoms with Gasteiger partial charge in [0.2, 0.25) is 0 Å². The molecule has 0 unspecified atom stereocenters. The summed E-state index contributed by atoms with van der Waals surface area (Å²) in [5.41, 5.74) is -0.479. The second-order valence-electron chi connectivity index (χ2n) is 3.34. The van der Waals surface area contributed by atoms with Gasteiger partial charge in [0.05, 0.1) is 0 Å². The maximum atomic E-state index is 10.9. The van der Waals surface area contributed by atoms with E-state index in [9.17, 15) is 4.79 Å². The highest BCUT2D eigenvalue weighted by molar-refractivity contribution is 5.60. The average Bonchev–Trinajstić information content (AvgIpc) is 1.84. The van der Waals surface area contributed by atoms with E-state index in [4.69, 9.17) is 9.47 Å². The molecule has 0 N–H and O–H groups in total. The van der Waals surface area contributed by atoms with Crippen LogP contribution in [0.3, 0.4) is 0 Å². The summed E-state index contributed by atoms with van der Waals surface area (Å²) in [6.07, 6.45) is 2.93. The molecular formula is C9H16O3. The minimum absolute atomic E-state index is 0.269. The summed E-state index contributed by atoms with van der Waals surface area (Å²) in [5.74, 6) is 0. The van der Waals surface area contributed by atoms with E-state index in [-0.39, 0.29) is 6.61 Å². The summed E-state index contributed by atoms with van der Waals surface area (Å²) in [6.45, 7) is 7.52. The van der Waals surface area contributed by atoms with E-state index >= 15 is 0 Å². The van der Waals surface area contributed by atoms with E-state index in [1.54, 1.807) is 26.8 Å². The van der Waals surface area contributed by atoms with Crippen LogP contribution in [-0.4, -0.2) is 18.4 Å². The van der Waals surface area contributed by atoms with Crippen LogP contribution in [0.5, 0.6) is 0 Å². The molecule has 0 atom stereocenters. The largest absolute Gasteiger partial charge is 0.509 e. The lowest BCUT2D eigenvalue weighted by Crippen LogP contribution is -2.24. The van der Waals surface area contributed by atoms with E-state index in [0.29, 0.717) is 0 Å². The summed E-state index contributed by atoms with van der Waals surface area (Å²) >= 11 is 0. The molecule has 0 saturated heterocycles. The van der Waals surface area contributed by atoms with Crippen molar-refractivity contribution in [2.24, 2.45) is 0 Å². The number of ether oxygens (including phenoxy) is 2. The maximum Gasteiger partial charge on any atom is 0.509 e. The Bertz CT molecular complexity index is 165. The molecule has 0 rings (SSSR count). The van der Waals surface area contributed by atoms with Gasteiger partial charge in [-0.15, -0.1) is 0 Å². The highest BCUT2D eigenvalue weighted by atomic mass is 16.7. The van der Waals surface area contributed by atoms with Crippen molar-refractivity contribution in [2.75, 3.05) is 6.61 Å². The minimum Gasteiger partial charge on any atom is -0.430 e. The van der Waals surface area contributed by atoms with Crippen LogP contribution >= 0.6 is 0 Å². The predicted molar refractivity (Wildman–Crippen MR) is 47.0 cm³/mol. The van der Waals surface area contributed by atoms with Gasteiger partial charge in [0, 0.05) is 0 Å². The number of rotatable bonds is 2. The molecule has 12 heavy (non-hydrogen) atoms. The normalized spacial score (nSPS) is 11.7. The lowest BCUT2D eigenvalue weighted by atomic mass is 10.2. The van der Waals surface area contributed by atoms with Crippen molar-refractivity contribution >= 4 is 6.16 Å². The number of carbonyl (C=O) groups is 1. The first-order chi connectivity index (χ1) is 5.45. The Morgan fingerprint density at radius 2 is 2.00 bits per heavy atom. The molecule has 0 aliphatic rings. The van der Waals surface area contributed by atoms with E-state index in [0.717, 1.165) is 0 Å². The number of carbonyl (C=O) groups excluding carboxylic acids is 1. The van der Waals surface area contributed by atoms with Gasteiger partial charge in [-0.1, -0.05) is 12.2 Å². The van der Waals surface area contributed by atoms with Gasteiger partial charge >= 0.3 is 6.16 Å². The topological polar surface area (TPSA) is 35.5 Å². The van der Waals surface area contributed by atoms with Crippen molar-refractivity contribution < 1.29 is 14.3 Å². The molecule has 0 aliphatic heterocycles. The Balaban J connectivity index is 3.61. The molecular weight excluding hydrogens is 156 g/mol. The van der Waals surface area contributed by atoms with Crippen molar-refractivity contribution in [3.05, 3.63) is 12.2 Å². The smallest absolute Gasteiger partial charge is 0.430 e. The van der Waals surface area contributed by atoms with Crippen LogP contribution in [0.1, 0.15) is 27.7 Å². The molecule has 0 aliphatic carbocycles. The van der Waals surface area contributed by atoms with Crippen LogP contribution in [0.25, 0.3) is 0 Å². The van der Waals surface area contributed by atoms with Gasteiger partial charge in [0.15, 0.2) is 0 Å². The third kappa shape index (κ3) is 7.12. The highest BCUT2D eigenvalue weighted by Crippen LogP contribution is 2.07. The fraction of sp³-hybridized carbons (Fsp3) is 0.667. The van der Waals surface area contributed by atoms with Crippen LogP contribution in [0.2, 0.25) is 0 Å². The summed E-state index contributed by atoms with van der Waals surface area (Å²) in [6, 6.07) is 0. The second-order valence-corrected chi connectivity index (χ2v) is 3.34. The molecule has 0 fully saturated rings. The predicted octanol–water partition coefficient (Wildman–Crippen LogP) is 2.51. The standard InChI is InChI=1S/C9H16O3/c1-5-6-7-11-8(10)12-9(2,3)4/h5-6H,7H2,1-4H3/b6-5-. The van der Waals surface area contributed by atoms with Crippen LogP contribution in [0.15, 0.2) is 12.2 Å². The summed E-state index contributed by atoms with van der Waals surface area (Å²) < 4.78 is 9.60. The first-order valence-electron chi connectivity index (χ1n) is 3.92. The molecule has 0 saturated carbocycles. The quantitative estimate of drug-likeness (QED) is 0.474. The first kappa shape index (κ1) is 11.0. The Labute approximate surface area is 73.4 Å². The summed E-state index contributed by atoms with van der Waals surface area (Å²) in [4.78, 5) is 10.9.